The molecule has 1 unspecified atom stereocenters. The minimum absolute atomic E-state index is 0.0355. The molecule has 1 heterocycles. The lowest BCUT2D eigenvalue weighted by atomic mass is 9.93. The average Bonchev–Trinajstić information content (AvgIpc) is 2.66. The number of phenols is 1. The van der Waals surface area contributed by atoms with Crippen molar-refractivity contribution in [3.63, 3.8) is 0 Å². The number of hydrogen-bond acceptors (Lipinski definition) is 7. The lowest BCUT2D eigenvalue weighted by Crippen LogP contribution is -2.43. The Balaban J connectivity index is 1.92. The van der Waals surface area contributed by atoms with Crippen molar-refractivity contribution < 1.29 is 14.6 Å². The molecule has 0 spiro atoms. The third-order valence-electron chi connectivity index (χ3n) is 4.24. The third kappa shape index (κ3) is 4.03. The summed E-state index contributed by atoms with van der Waals surface area (Å²) in [5, 5.41) is 13.0. The quantitative estimate of drug-likeness (QED) is 0.608. The summed E-state index contributed by atoms with van der Waals surface area (Å²) in [6.07, 6.45) is 0. The molecule has 1 atom stereocenters. The number of phenolic OH excluding ortho intramolecular Hbond substituents is 1. The van der Waals surface area contributed by atoms with E-state index in [1.54, 1.807) is 12.1 Å². The predicted octanol–water partition coefficient (Wildman–Crippen LogP) is 2.88. The Kier molecular flexibility index (Phi) is 5.30. The number of nitrogens with zero attached hydrogens (tertiary/aromatic N) is 1. The predicted molar refractivity (Wildman–Crippen MR) is 105 cm³/mol. The Morgan fingerprint density at radius 1 is 1.19 bits per heavy atom. The largest absolute Gasteiger partial charge is 0.504 e. The molecule has 7 heteroatoms. The van der Waals surface area contributed by atoms with Crippen LogP contribution in [0, 0.1) is 0 Å². The molecule has 0 saturated carbocycles. The van der Waals surface area contributed by atoms with Gasteiger partial charge in [0, 0.05) is 11.3 Å². The molecule has 0 fully saturated rings. The third-order valence-corrected chi connectivity index (χ3v) is 4.24. The lowest BCUT2D eigenvalue weighted by Gasteiger charge is -2.26. The molecule has 27 heavy (non-hydrogen) atoms. The van der Waals surface area contributed by atoms with Crippen LogP contribution in [0.5, 0.6) is 11.5 Å². The Labute approximate surface area is 157 Å². The fourth-order valence-corrected chi connectivity index (χ4v) is 2.95. The number of carbonyl (C=O) groups excluding carboxylic acids is 1. The number of Topliss-reactive ketones (excluding diaryl/α,β-unsaturated/α-hetero) is 1. The van der Waals surface area contributed by atoms with E-state index in [1.807, 2.05) is 37.3 Å². The number of allylic oxidation sites excluding steroid dienone is 1. The Bertz CT molecular complexity index is 907. The number of hydrazine groups is 1. The summed E-state index contributed by atoms with van der Waals surface area (Å²) in [5.74, 6) is 0.779. The van der Waals surface area contributed by atoms with Crippen LogP contribution < -0.4 is 20.9 Å². The van der Waals surface area contributed by atoms with Crippen molar-refractivity contribution in [3.8, 4) is 11.5 Å². The van der Waals surface area contributed by atoms with Crippen LogP contribution in [-0.2, 0) is 4.79 Å². The molecule has 140 valence electrons. The fourth-order valence-electron chi connectivity index (χ4n) is 2.95. The van der Waals surface area contributed by atoms with E-state index in [9.17, 15) is 9.90 Å². The highest BCUT2D eigenvalue weighted by Crippen LogP contribution is 2.35. The molecule has 2 aromatic carbocycles. The maximum Gasteiger partial charge on any atom is 0.215 e. The van der Waals surface area contributed by atoms with Crippen molar-refractivity contribution in [2.75, 3.05) is 12.5 Å². The Hall–Kier alpha value is -3.48. The van der Waals surface area contributed by atoms with Crippen LogP contribution >= 0.6 is 0 Å². The number of carbonyl (C=O) groups is 1. The summed E-state index contributed by atoms with van der Waals surface area (Å²) in [6, 6.07) is 14.1. The van der Waals surface area contributed by atoms with Crippen LogP contribution in [0.1, 0.15) is 25.5 Å². The highest BCUT2D eigenvalue weighted by Gasteiger charge is 2.27. The van der Waals surface area contributed by atoms with Gasteiger partial charge in [0.1, 0.15) is 6.04 Å². The number of benzene rings is 2. The van der Waals surface area contributed by atoms with E-state index >= 15 is 0 Å². The lowest BCUT2D eigenvalue weighted by molar-refractivity contribution is -0.114. The van der Waals surface area contributed by atoms with Crippen molar-refractivity contribution in [1.29, 1.82) is 0 Å². The van der Waals surface area contributed by atoms with E-state index in [4.69, 9.17) is 4.74 Å². The second-order valence-electron chi connectivity index (χ2n) is 6.15. The molecule has 0 saturated heterocycles. The summed E-state index contributed by atoms with van der Waals surface area (Å²) in [4.78, 5) is 16.9. The summed E-state index contributed by atoms with van der Waals surface area (Å²) in [6.45, 7) is 3.35. The molecule has 2 aromatic rings. The van der Waals surface area contributed by atoms with Gasteiger partial charge in [0.2, 0.25) is 5.96 Å². The van der Waals surface area contributed by atoms with Gasteiger partial charge in [-0.2, -0.15) is 0 Å². The highest BCUT2D eigenvalue weighted by molar-refractivity contribution is 5.98. The topological polar surface area (TPSA) is 95.0 Å². The number of anilines is 1. The van der Waals surface area contributed by atoms with Gasteiger partial charge in [0.15, 0.2) is 17.3 Å². The Morgan fingerprint density at radius 3 is 2.59 bits per heavy atom. The first-order chi connectivity index (χ1) is 13.0. The van der Waals surface area contributed by atoms with Gasteiger partial charge in [-0.25, -0.2) is 4.99 Å². The van der Waals surface area contributed by atoms with E-state index in [0.717, 1.165) is 11.3 Å². The summed E-state index contributed by atoms with van der Waals surface area (Å²) < 4.78 is 5.19. The smallest absolute Gasteiger partial charge is 0.215 e. The second-order valence-corrected chi connectivity index (χ2v) is 6.15. The minimum atomic E-state index is -0.515. The molecule has 4 N–H and O–H groups in total. The number of hydrogen-bond donors (Lipinski definition) is 4. The monoisotopic (exact) mass is 366 g/mol. The molecule has 0 bridgehead atoms. The number of guanidine groups is 1. The zero-order valence-corrected chi connectivity index (χ0v) is 15.4. The fraction of sp³-hybridized carbons (Fsp3) is 0.200. The van der Waals surface area contributed by atoms with Crippen LogP contribution in [0.2, 0.25) is 0 Å². The zero-order chi connectivity index (χ0) is 19.4. The summed E-state index contributed by atoms with van der Waals surface area (Å²) in [7, 11) is 1.48. The number of methoxy groups -OCH3 is 1. The van der Waals surface area contributed by atoms with Crippen molar-refractivity contribution >= 4 is 17.4 Å². The number of ketones is 1. The molecule has 3 rings (SSSR count). The molecule has 0 radical (unpaired) electrons. The second kappa shape index (κ2) is 7.82. The first-order valence-electron chi connectivity index (χ1n) is 8.50. The zero-order valence-electron chi connectivity index (χ0n) is 15.4. The molecule has 0 amide bonds. The molecule has 1 aliphatic rings. The normalized spacial score (nSPS) is 16.3. The van der Waals surface area contributed by atoms with Gasteiger partial charge in [-0.3, -0.25) is 15.6 Å². The van der Waals surface area contributed by atoms with Crippen molar-refractivity contribution in [2.24, 2.45) is 4.99 Å². The van der Waals surface area contributed by atoms with E-state index in [1.165, 1.54) is 20.1 Å². The SMILES string of the molecule is COc1cc(C2N=C(NNc3ccccc3)NC(C)=C2C(C)=O)ccc1O. The maximum atomic E-state index is 12.2. The molecular weight excluding hydrogens is 344 g/mol. The van der Waals surface area contributed by atoms with Gasteiger partial charge in [-0.1, -0.05) is 24.3 Å². The van der Waals surface area contributed by atoms with E-state index in [-0.39, 0.29) is 11.5 Å². The van der Waals surface area contributed by atoms with Gasteiger partial charge in [-0.15, -0.1) is 0 Å². The number of ether oxygens (including phenoxy) is 1. The number of para-hydroxylation sites is 1. The van der Waals surface area contributed by atoms with Crippen LogP contribution in [0.15, 0.2) is 64.8 Å². The van der Waals surface area contributed by atoms with Crippen molar-refractivity contribution in [2.45, 2.75) is 19.9 Å². The van der Waals surface area contributed by atoms with Crippen LogP contribution in [-0.4, -0.2) is 24.0 Å². The first kappa shape index (κ1) is 18.3. The number of aromatic hydroxyl groups is 1. The van der Waals surface area contributed by atoms with Gasteiger partial charge < -0.3 is 15.2 Å². The highest BCUT2D eigenvalue weighted by atomic mass is 16.5. The van der Waals surface area contributed by atoms with Crippen LogP contribution in [0.3, 0.4) is 0 Å². The molecule has 0 aromatic heterocycles. The average molecular weight is 366 g/mol. The number of aliphatic imine (C=N–C) groups is 1. The van der Waals surface area contributed by atoms with Crippen LogP contribution in [0.4, 0.5) is 5.69 Å². The number of nitrogens with one attached hydrogen (secondary N) is 3. The van der Waals surface area contributed by atoms with Gasteiger partial charge in [0.05, 0.1) is 12.8 Å². The standard InChI is InChI=1S/C20H22N4O3/c1-12-18(13(2)25)19(14-9-10-16(26)17(11-14)27-3)22-20(21-12)24-23-15-7-5-4-6-8-15/h4-11,19,23,26H,1-3H3,(H2,21,22,24). The van der Waals surface area contributed by atoms with E-state index < -0.39 is 6.04 Å². The van der Waals surface area contributed by atoms with E-state index in [0.29, 0.717) is 23.0 Å². The van der Waals surface area contributed by atoms with Gasteiger partial charge >= 0.3 is 0 Å². The summed E-state index contributed by atoms with van der Waals surface area (Å²) in [5.41, 5.74) is 9.00. The van der Waals surface area contributed by atoms with Crippen molar-refractivity contribution in [3.05, 3.63) is 65.4 Å². The maximum absolute atomic E-state index is 12.2. The van der Waals surface area contributed by atoms with Gasteiger partial charge in [-0.05, 0) is 43.7 Å². The number of rotatable bonds is 5. The molecular formula is C20H22N4O3. The summed E-state index contributed by atoms with van der Waals surface area (Å²) >= 11 is 0. The van der Waals surface area contributed by atoms with E-state index in [2.05, 4.69) is 21.2 Å². The Morgan fingerprint density at radius 2 is 1.93 bits per heavy atom. The molecule has 1 aliphatic heterocycles. The van der Waals surface area contributed by atoms with Gasteiger partial charge in [0.25, 0.3) is 0 Å². The van der Waals surface area contributed by atoms with Crippen LogP contribution in [0.25, 0.3) is 0 Å². The minimum Gasteiger partial charge on any atom is -0.504 e. The first-order valence-corrected chi connectivity index (χ1v) is 8.50. The van der Waals surface area contributed by atoms with Crippen molar-refractivity contribution in [1.82, 2.24) is 10.7 Å². The molecule has 7 nitrogen and oxygen atoms in total. The molecule has 0 aliphatic carbocycles.